The Labute approximate surface area is 150 Å². The first-order valence-corrected chi connectivity index (χ1v) is 9.44. The molecule has 2 aliphatic rings. The van der Waals surface area contributed by atoms with Gasteiger partial charge in [-0.3, -0.25) is 9.69 Å². The predicted molar refractivity (Wildman–Crippen MR) is 97.6 cm³/mol. The number of benzene rings is 1. The van der Waals surface area contributed by atoms with Crippen LogP contribution in [0.2, 0.25) is 0 Å². The molecule has 1 amide bonds. The highest BCUT2D eigenvalue weighted by Gasteiger charge is 2.30. The topological polar surface area (TPSA) is 53.0 Å². The molecular formula is C20H30N2O3. The molecule has 0 saturated carbocycles. The summed E-state index contributed by atoms with van der Waals surface area (Å²) in [6.45, 7) is 6.85. The quantitative estimate of drug-likeness (QED) is 0.911. The van der Waals surface area contributed by atoms with Crippen LogP contribution in [-0.2, 0) is 11.3 Å². The summed E-state index contributed by atoms with van der Waals surface area (Å²) in [4.78, 5) is 17.2. The standard InChI is InChI=1S/C20H30N2O3/c1-15-4-3-9-22(13-15)20(24)17-7-10-21(11-8-17)14-16-5-6-18(23)19(12-16)25-2/h5-6,12,15,17,23H,3-4,7-11,13-14H2,1-2H3/t15-/m1/s1. The molecule has 2 saturated heterocycles. The number of likely N-dealkylation sites (tertiary alicyclic amines) is 2. The highest BCUT2D eigenvalue weighted by molar-refractivity contribution is 5.79. The molecule has 5 nitrogen and oxygen atoms in total. The number of phenolic OH excluding ortho intramolecular Hbond substituents is 1. The minimum absolute atomic E-state index is 0.173. The van der Waals surface area contributed by atoms with Gasteiger partial charge in [0, 0.05) is 25.6 Å². The van der Waals surface area contributed by atoms with Gasteiger partial charge in [-0.1, -0.05) is 13.0 Å². The number of aromatic hydroxyl groups is 1. The summed E-state index contributed by atoms with van der Waals surface area (Å²) in [5.41, 5.74) is 1.13. The molecule has 25 heavy (non-hydrogen) atoms. The van der Waals surface area contributed by atoms with Gasteiger partial charge in [-0.05, 0) is 62.4 Å². The van der Waals surface area contributed by atoms with Crippen LogP contribution in [-0.4, -0.2) is 54.1 Å². The van der Waals surface area contributed by atoms with Crippen LogP contribution in [0.25, 0.3) is 0 Å². The Kier molecular flexibility index (Phi) is 5.84. The minimum Gasteiger partial charge on any atom is -0.504 e. The lowest BCUT2D eigenvalue weighted by atomic mass is 9.92. The maximum Gasteiger partial charge on any atom is 0.225 e. The average molecular weight is 346 g/mol. The molecule has 0 aliphatic carbocycles. The van der Waals surface area contributed by atoms with E-state index in [2.05, 4.69) is 16.7 Å². The first-order valence-electron chi connectivity index (χ1n) is 9.44. The van der Waals surface area contributed by atoms with Gasteiger partial charge in [0.15, 0.2) is 11.5 Å². The maximum atomic E-state index is 12.7. The molecule has 1 N–H and O–H groups in total. The Morgan fingerprint density at radius 2 is 2.00 bits per heavy atom. The van der Waals surface area contributed by atoms with Gasteiger partial charge in [0.25, 0.3) is 0 Å². The zero-order valence-corrected chi connectivity index (χ0v) is 15.4. The Hall–Kier alpha value is -1.75. The number of phenols is 1. The number of carbonyl (C=O) groups excluding carboxylic acids is 1. The second kappa shape index (κ2) is 8.09. The number of ether oxygens (including phenoxy) is 1. The van der Waals surface area contributed by atoms with Crippen LogP contribution < -0.4 is 4.74 Å². The molecule has 0 radical (unpaired) electrons. The van der Waals surface area contributed by atoms with Crippen molar-refractivity contribution >= 4 is 5.91 Å². The Morgan fingerprint density at radius 3 is 2.68 bits per heavy atom. The minimum atomic E-state index is 0.173. The third-order valence-corrected chi connectivity index (χ3v) is 5.56. The number of nitrogens with zero attached hydrogens (tertiary/aromatic N) is 2. The van der Waals surface area contributed by atoms with Gasteiger partial charge in [0.2, 0.25) is 5.91 Å². The lowest BCUT2D eigenvalue weighted by Crippen LogP contribution is -2.45. The van der Waals surface area contributed by atoms with Gasteiger partial charge in [0.1, 0.15) is 0 Å². The number of hydrogen-bond acceptors (Lipinski definition) is 4. The van der Waals surface area contributed by atoms with Gasteiger partial charge >= 0.3 is 0 Å². The van der Waals surface area contributed by atoms with E-state index >= 15 is 0 Å². The summed E-state index contributed by atoms with van der Waals surface area (Å²) in [7, 11) is 1.57. The Bertz CT molecular complexity index is 597. The van der Waals surface area contributed by atoms with E-state index in [0.717, 1.165) is 57.5 Å². The molecule has 0 unspecified atom stereocenters. The highest BCUT2D eigenvalue weighted by atomic mass is 16.5. The summed E-state index contributed by atoms with van der Waals surface area (Å²) in [6.07, 6.45) is 4.28. The van der Waals surface area contributed by atoms with E-state index in [0.29, 0.717) is 17.6 Å². The van der Waals surface area contributed by atoms with Crippen molar-refractivity contribution in [1.29, 1.82) is 0 Å². The van der Waals surface area contributed by atoms with Crippen molar-refractivity contribution in [2.75, 3.05) is 33.3 Å². The van der Waals surface area contributed by atoms with Crippen molar-refractivity contribution in [2.24, 2.45) is 11.8 Å². The molecule has 2 heterocycles. The van der Waals surface area contributed by atoms with Gasteiger partial charge in [-0.25, -0.2) is 0 Å². The smallest absolute Gasteiger partial charge is 0.225 e. The molecule has 2 aliphatic heterocycles. The molecule has 138 valence electrons. The monoisotopic (exact) mass is 346 g/mol. The fraction of sp³-hybridized carbons (Fsp3) is 0.650. The fourth-order valence-electron chi connectivity index (χ4n) is 4.06. The van der Waals surface area contributed by atoms with Crippen LogP contribution in [0.15, 0.2) is 18.2 Å². The first kappa shape index (κ1) is 18.1. The number of hydrogen-bond donors (Lipinski definition) is 1. The van der Waals surface area contributed by atoms with E-state index < -0.39 is 0 Å². The van der Waals surface area contributed by atoms with Crippen molar-refractivity contribution in [3.05, 3.63) is 23.8 Å². The van der Waals surface area contributed by atoms with Gasteiger partial charge in [0.05, 0.1) is 7.11 Å². The number of methoxy groups -OCH3 is 1. The number of piperidine rings is 2. The lowest BCUT2D eigenvalue weighted by Gasteiger charge is -2.37. The lowest BCUT2D eigenvalue weighted by molar-refractivity contribution is -0.138. The van der Waals surface area contributed by atoms with Crippen LogP contribution >= 0.6 is 0 Å². The van der Waals surface area contributed by atoms with Crippen LogP contribution in [0, 0.1) is 11.8 Å². The molecule has 1 aromatic carbocycles. The zero-order chi connectivity index (χ0) is 17.8. The molecule has 0 spiro atoms. The SMILES string of the molecule is COc1cc(CN2CCC(C(=O)N3CCC[C@@H](C)C3)CC2)ccc1O. The van der Waals surface area contributed by atoms with Gasteiger partial charge in [-0.15, -0.1) is 0 Å². The second-order valence-electron chi connectivity index (χ2n) is 7.59. The average Bonchev–Trinajstić information content (AvgIpc) is 2.63. The number of rotatable bonds is 4. The van der Waals surface area contributed by atoms with Gasteiger partial charge in [-0.2, -0.15) is 0 Å². The van der Waals surface area contributed by atoms with Crippen molar-refractivity contribution in [3.8, 4) is 11.5 Å². The van der Waals surface area contributed by atoms with Crippen molar-refractivity contribution < 1.29 is 14.6 Å². The Balaban J connectivity index is 1.51. The Morgan fingerprint density at radius 1 is 1.24 bits per heavy atom. The van der Waals surface area contributed by atoms with Crippen molar-refractivity contribution in [3.63, 3.8) is 0 Å². The normalized spacial score (nSPS) is 22.8. The van der Waals surface area contributed by atoms with E-state index in [9.17, 15) is 9.90 Å². The van der Waals surface area contributed by atoms with E-state index in [1.807, 2.05) is 12.1 Å². The van der Waals surface area contributed by atoms with Crippen molar-refractivity contribution in [2.45, 2.75) is 39.2 Å². The van der Waals surface area contributed by atoms with E-state index in [-0.39, 0.29) is 11.7 Å². The molecule has 0 aromatic heterocycles. The molecular weight excluding hydrogens is 316 g/mol. The molecule has 2 fully saturated rings. The molecule has 1 aromatic rings. The van der Waals surface area contributed by atoms with E-state index in [1.54, 1.807) is 13.2 Å². The number of carbonyl (C=O) groups is 1. The van der Waals surface area contributed by atoms with Gasteiger partial charge < -0.3 is 14.7 Å². The van der Waals surface area contributed by atoms with Crippen LogP contribution in [0.4, 0.5) is 0 Å². The third-order valence-electron chi connectivity index (χ3n) is 5.56. The summed E-state index contributed by atoms with van der Waals surface area (Å²) < 4.78 is 5.18. The number of amides is 1. The van der Waals surface area contributed by atoms with E-state index in [4.69, 9.17) is 4.74 Å². The molecule has 0 bridgehead atoms. The fourth-order valence-corrected chi connectivity index (χ4v) is 4.06. The molecule has 5 heteroatoms. The van der Waals surface area contributed by atoms with E-state index in [1.165, 1.54) is 6.42 Å². The largest absolute Gasteiger partial charge is 0.504 e. The highest BCUT2D eigenvalue weighted by Crippen LogP contribution is 2.28. The molecule has 3 rings (SSSR count). The summed E-state index contributed by atoms with van der Waals surface area (Å²) in [6, 6.07) is 5.51. The van der Waals surface area contributed by atoms with Crippen LogP contribution in [0.3, 0.4) is 0 Å². The summed E-state index contributed by atoms with van der Waals surface area (Å²) >= 11 is 0. The van der Waals surface area contributed by atoms with Crippen LogP contribution in [0.5, 0.6) is 11.5 Å². The van der Waals surface area contributed by atoms with Crippen LogP contribution in [0.1, 0.15) is 38.2 Å². The van der Waals surface area contributed by atoms with Crippen molar-refractivity contribution in [1.82, 2.24) is 9.80 Å². The zero-order valence-electron chi connectivity index (χ0n) is 15.4. The summed E-state index contributed by atoms with van der Waals surface area (Å²) in [5.74, 6) is 1.89. The third kappa shape index (κ3) is 4.46. The second-order valence-corrected chi connectivity index (χ2v) is 7.59. The molecule has 1 atom stereocenters. The summed E-state index contributed by atoms with van der Waals surface area (Å²) in [5, 5.41) is 9.70. The predicted octanol–water partition coefficient (Wildman–Crippen LogP) is 2.87. The first-order chi connectivity index (χ1) is 12.1. The maximum absolute atomic E-state index is 12.7.